The average Bonchev–Trinajstić information content (AvgIpc) is 2.64. The number of hydrogen-bond donors (Lipinski definition) is 1. The molecule has 1 atom stereocenters. The Hall–Kier alpha value is -2.24. The van der Waals surface area contributed by atoms with Crippen molar-refractivity contribution >= 4 is 5.91 Å². The first-order valence-corrected chi connectivity index (χ1v) is 7.89. The molecule has 1 aliphatic heterocycles. The summed E-state index contributed by atoms with van der Waals surface area (Å²) in [7, 11) is 0. The summed E-state index contributed by atoms with van der Waals surface area (Å²) in [5.41, 5.74) is 1.79. The Kier molecular flexibility index (Phi) is 5.34. The standard InChI is InChI=1S/C18H21N3O2/c22-18(16-7-4-8-19-13-16)20-14-17(15-5-2-1-3-6-15)21-9-11-23-12-10-21/h1-8,13,17H,9-12,14H2,(H,20,22). The van der Waals surface area contributed by atoms with Gasteiger partial charge in [-0.15, -0.1) is 0 Å². The Labute approximate surface area is 136 Å². The van der Waals surface area contributed by atoms with Gasteiger partial charge in [0.25, 0.3) is 5.91 Å². The lowest BCUT2D eigenvalue weighted by atomic mass is 10.0. The van der Waals surface area contributed by atoms with Gasteiger partial charge in [-0.1, -0.05) is 30.3 Å². The Bertz CT molecular complexity index is 613. The van der Waals surface area contributed by atoms with Crippen LogP contribution in [-0.2, 0) is 4.74 Å². The molecule has 1 N–H and O–H groups in total. The van der Waals surface area contributed by atoms with E-state index < -0.39 is 0 Å². The summed E-state index contributed by atoms with van der Waals surface area (Å²) >= 11 is 0. The monoisotopic (exact) mass is 311 g/mol. The summed E-state index contributed by atoms with van der Waals surface area (Å²) in [6.45, 7) is 3.79. The minimum atomic E-state index is -0.0905. The number of pyridine rings is 1. The highest BCUT2D eigenvalue weighted by molar-refractivity contribution is 5.93. The number of benzene rings is 1. The van der Waals surface area contributed by atoms with Crippen LogP contribution in [0.15, 0.2) is 54.9 Å². The zero-order valence-electron chi connectivity index (χ0n) is 13.0. The fourth-order valence-electron chi connectivity index (χ4n) is 2.81. The molecule has 5 nitrogen and oxygen atoms in total. The molecule has 2 aromatic rings. The largest absolute Gasteiger partial charge is 0.379 e. The number of carbonyl (C=O) groups is 1. The molecule has 5 heteroatoms. The zero-order valence-corrected chi connectivity index (χ0v) is 13.0. The van der Waals surface area contributed by atoms with Crippen molar-refractivity contribution in [2.24, 2.45) is 0 Å². The second kappa shape index (κ2) is 7.85. The number of aromatic nitrogens is 1. The number of carbonyl (C=O) groups excluding carboxylic acids is 1. The van der Waals surface area contributed by atoms with Crippen LogP contribution in [0.2, 0.25) is 0 Å². The summed E-state index contributed by atoms with van der Waals surface area (Å²) in [5.74, 6) is -0.0905. The second-order valence-electron chi connectivity index (χ2n) is 5.53. The van der Waals surface area contributed by atoms with E-state index in [1.54, 1.807) is 24.5 Å². The number of amides is 1. The first-order chi connectivity index (χ1) is 11.3. The third kappa shape index (κ3) is 4.15. The first kappa shape index (κ1) is 15.6. The molecule has 0 aliphatic carbocycles. The van der Waals surface area contributed by atoms with Crippen LogP contribution in [0.1, 0.15) is 22.0 Å². The Morgan fingerprint density at radius 1 is 1.17 bits per heavy atom. The van der Waals surface area contributed by atoms with Crippen LogP contribution >= 0.6 is 0 Å². The fourth-order valence-corrected chi connectivity index (χ4v) is 2.81. The van der Waals surface area contributed by atoms with Gasteiger partial charge in [0.2, 0.25) is 0 Å². The van der Waals surface area contributed by atoms with Gasteiger partial charge in [0, 0.05) is 32.0 Å². The van der Waals surface area contributed by atoms with Crippen LogP contribution in [0, 0.1) is 0 Å². The maximum atomic E-state index is 12.3. The third-order valence-corrected chi connectivity index (χ3v) is 4.05. The van der Waals surface area contributed by atoms with Crippen molar-refractivity contribution in [3.8, 4) is 0 Å². The predicted molar refractivity (Wildman–Crippen MR) is 88.1 cm³/mol. The third-order valence-electron chi connectivity index (χ3n) is 4.05. The van der Waals surface area contributed by atoms with E-state index >= 15 is 0 Å². The molecule has 1 amide bonds. The van der Waals surface area contributed by atoms with Gasteiger partial charge in [0.1, 0.15) is 0 Å². The Balaban J connectivity index is 1.70. The van der Waals surface area contributed by atoms with Crippen molar-refractivity contribution in [1.29, 1.82) is 0 Å². The summed E-state index contributed by atoms with van der Waals surface area (Å²) in [5, 5.41) is 3.03. The van der Waals surface area contributed by atoms with Crippen molar-refractivity contribution in [2.45, 2.75) is 6.04 Å². The van der Waals surface area contributed by atoms with Gasteiger partial charge < -0.3 is 10.1 Å². The summed E-state index contributed by atoms with van der Waals surface area (Å²) in [4.78, 5) is 18.6. The molecule has 1 unspecified atom stereocenters. The summed E-state index contributed by atoms with van der Waals surface area (Å²) < 4.78 is 5.44. The molecule has 1 aliphatic rings. The minimum absolute atomic E-state index is 0.0905. The molecule has 0 radical (unpaired) electrons. The van der Waals surface area contributed by atoms with Gasteiger partial charge in [-0.25, -0.2) is 0 Å². The number of morpholine rings is 1. The maximum absolute atomic E-state index is 12.3. The average molecular weight is 311 g/mol. The lowest BCUT2D eigenvalue weighted by Crippen LogP contribution is -2.43. The van der Waals surface area contributed by atoms with Crippen molar-refractivity contribution in [3.05, 3.63) is 66.0 Å². The van der Waals surface area contributed by atoms with Gasteiger partial charge >= 0.3 is 0 Å². The lowest BCUT2D eigenvalue weighted by Gasteiger charge is -2.34. The highest BCUT2D eigenvalue weighted by Gasteiger charge is 2.23. The van der Waals surface area contributed by atoms with Gasteiger partial charge in [0.05, 0.1) is 24.8 Å². The lowest BCUT2D eigenvalue weighted by molar-refractivity contribution is 0.0162. The van der Waals surface area contributed by atoms with Crippen LogP contribution in [0.3, 0.4) is 0 Å². The first-order valence-electron chi connectivity index (χ1n) is 7.89. The van der Waals surface area contributed by atoms with E-state index in [0.29, 0.717) is 12.1 Å². The fraction of sp³-hybridized carbons (Fsp3) is 0.333. The quantitative estimate of drug-likeness (QED) is 0.916. The number of hydrogen-bond acceptors (Lipinski definition) is 4. The van der Waals surface area contributed by atoms with E-state index in [4.69, 9.17) is 4.74 Å². The molecule has 1 saturated heterocycles. The van der Waals surface area contributed by atoms with E-state index in [0.717, 1.165) is 26.3 Å². The van der Waals surface area contributed by atoms with Crippen LogP contribution < -0.4 is 5.32 Å². The molecule has 0 spiro atoms. The molecule has 23 heavy (non-hydrogen) atoms. The summed E-state index contributed by atoms with van der Waals surface area (Å²) in [6, 6.07) is 14.0. The van der Waals surface area contributed by atoms with Gasteiger partial charge in [0.15, 0.2) is 0 Å². The molecule has 0 bridgehead atoms. The maximum Gasteiger partial charge on any atom is 0.252 e. The molecule has 2 heterocycles. The van der Waals surface area contributed by atoms with E-state index in [-0.39, 0.29) is 11.9 Å². The van der Waals surface area contributed by atoms with Crippen LogP contribution in [0.4, 0.5) is 0 Å². The smallest absolute Gasteiger partial charge is 0.252 e. The highest BCUT2D eigenvalue weighted by Crippen LogP contribution is 2.21. The summed E-state index contributed by atoms with van der Waals surface area (Å²) in [6.07, 6.45) is 3.25. The van der Waals surface area contributed by atoms with Crippen molar-refractivity contribution in [2.75, 3.05) is 32.8 Å². The SMILES string of the molecule is O=C(NCC(c1ccccc1)N1CCOCC1)c1cccnc1. The van der Waals surface area contributed by atoms with Crippen LogP contribution in [0.25, 0.3) is 0 Å². The van der Waals surface area contributed by atoms with Crippen LogP contribution in [-0.4, -0.2) is 48.6 Å². The van der Waals surface area contributed by atoms with Crippen molar-refractivity contribution in [3.63, 3.8) is 0 Å². The Morgan fingerprint density at radius 3 is 2.65 bits per heavy atom. The predicted octanol–water partition coefficient (Wildman–Crippen LogP) is 1.88. The van der Waals surface area contributed by atoms with Crippen molar-refractivity contribution in [1.82, 2.24) is 15.2 Å². The Morgan fingerprint density at radius 2 is 1.96 bits per heavy atom. The molecule has 1 aromatic heterocycles. The van der Waals surface area contributed by atoms with E-state index in [1.807, 2.05) is 18.2 Å². The van der Waals surface area contributed by atoms with Gasteiger partial charge in [-0.2, -0.15) is 0 Å². The molecule has 120 valence electrons. The molecular formula is C18H21N3O2. The number of ether oxygens (including phenoxy) is 1. The van der Waals surface area contributed by atoms with Crippen LogP contribution in [0.5, 0.6) is 0 Å². The molecule has 1 aromatic carbocycles. The van der Waals surface area contributed by atoms with E-state index in [1.165, 1.54) is 5.56 Å². The topological polar surface area (TPSA) is 54.5 Å². The number of nitrogens with one attached hydrogen (secondary N) is 1. The second-order valence-corrected chi connectivity index (χ2v) is 5.53. The molecule has 1 fully saturated rings. The van der Waals surface area contributed by atoms with Gasteiger partial charge in [-0.05, 0) is 17.7 Å². The van der Waals surface area contributed by atoms with Crippen molar-refractivity contribution < 1.29 is 9.53 Å². The van der Waals surface area contributed by atoms with E-state index in [9.17, 15) is 4.79 Å². The van der Waals surface area contributed by atoms with Gasteiger partial charge in [-0.3, -0.25) is 14.7 Å². The molecule has 3 rings (SSSR count). The van der Waals surface area contributed by atoms with E-state index in [2.05, 4.69) is 27.3 Å². The molecular weight excluding hydrogens is 290 g/mol. The normalized spacial score (nSPS) is 16.7. The zero-order chi connectivity index (χ0) is 15.9. The highest BCUT2D eigenvalue weighted by atomic mass is 16.5. The molecule has 0 saturated carbocycles. The number of rotatable bonds is 5. The minimum Gasteiger partial charge on any atom is -0.379 e. The number of nitrogens with zero attached hydrogens (tertiary/aromatic N) is 2.